The molecular weight excluding hydrogens is 399 g/mol. The van der Waals surface area contributed by atoms with Gasteiger partial charge in [0.1, 0.15) is 10.6 Å². The molecule has 0 aliphatic rings. The van der Waals surface area contributed by atoms with Gasteiger partial charge in [0.2, 0.25) is 10.0 Å². The van der Waals surface area contributed by atoms with E-state index < -0.39 is 26.7 Å². The molecule has 0 atom stereocenters. The Balaban J connectivity index is 2.12. The van der Waals surface area contributed by atoms with Crippen LogP contribution in [0.2, 0.25) is 0 Å². The third-order valence-corrected chi connectivity index (χ3v) is 4.88. The summed E-state index contributed by atoms with van der Waals surface area (Å²) in [5, 5.41) is 16.0. The lowest BCUT2D eigenvalue weighted by Gasteiger charge is -2.15. The zero-order chi connectivity index (χ0) is 20.5. The van der Waals surface area contributed by atoms with Gasteiger partial charge in [0.05, 0.1) is 19.2 Å². The van der Waals surface area contributed by atoms with Crippen LogP contribution in [0.1, 0.15) is 11.1 Å². The van der Waals surface area contributed by atoms with Gasteiger partial charge in [-0.1, -0.05) is 18.2 Å². The van der Waals surface area contributed by atoms with Crippen LogP contribution >= 0.6 is 0 Å². The molecule has 0 saturated carbocycles. The van der Waals surface area contributed by atoms with Crippen LogP contribution < -0.4 is 9.88 Å². The van der Waals surface area contributed by atoms with Crippen molar-refractivity contribution in [3.05, 3.63) is 53.6 Å². The van der Waals surface area contributed by atoms with Gasteiger partial charge in [-0.05, 0) is 40.3 Å². The molecule has 0 aliphatic carbocycles. The number of nitrogens with zero attached hydrogens (tertiary/aromatic N) is 4. The van der Waals surface area contributed by atoms with Crippen LogP contribution in [0.3, 0.4) is 0 Å². The second-order valence-electron chi connectivity index (χ2n) is 5.73. The molecule has 1 aromatic heterocycles. The number of halogens is 3. The summed E-state index contributed by atoms with van der Waals surface area (Å²) in [7, 11) is -3.21. The minimum atomic E-state index is -4.92. The van der Waals surface area contributed by atoms with Crippen LogP contribution in [-0.2, 0) is 22.7 Å². The maximum absolute atomic E-state index is 13.3. The van der Waals surface area contributed by atoms with Crippen molar-refractivity contribution < 1.29 is 26.3 Å². The Labute approximate surface area is 157 Å². The Kier molecular flexibility index (Phi) is 5.08. The highest BCUT2D eigenvalue weighted by Crippen LogP contribution is 2.38. The van der Waals surface area contributed by atoms with Crippen LogP contribution in [0.15, 0.2) is 47.4 Å². The molecule has 0 spiro atoms. The number of rotatable bonds is 5. The first-order valence-corrected chi connectivity index (χ1v) is 9.28. The van der Waals surface area contributed by atoms with E-state index in [1.807, 2.05) is 0 Å². The average Bonchev–Trinajstić information content (AvgIpc) is 3.08. The highest BCUT2D eigenvalue weighted by molar-refractivity contribution is 7.89. The van der Waals surface area contributed by atoms with Crippen LogP contribution in [0.25, 0.3) is 11.4 Å². The lowest BCUT2D eigenvalue weighted by molar-refractivity contribution is -0.139. The van der Waals surface area contributed by atoms with E-state index in [-0.39, 0.29) is 17.9 Å². The van der Waals surface area contributed by atoms with E-state index in [0.29, 0.717) is 11.8 Å². The fourth-order valence-electron chi connectivity index (χ4n) is 2.65. The number of nitrogens with two attached hydrogens (primary N) is 1. The van der Waals surface area contributed by atoms with Gasteiger partial charge in [0, 0.05) is 5.56 Å². The second kappa shape index (κ2) is 7.20. The van der Waals surface area contributed by atoms with Gasteiger partial charge in [-0.15, -0.1) is 5.10 Å². The summed E-state index contributed by atoms with van der Waals surface area (Å²) < 4.78 is 70.1. The van der Waals surface area contributed by atoms with E-state index in [1.165, 1.54) is 17.9 Å². The normalized spacial score (nSPS) is 12.2. The van der Waals surface area contributed by atoms with Gasteiger partial charge in [0.25, 0.3) is 0 Å². The average molecular weight is 413 g/mol. The monoisotopic (exact) mass is 413 g/mol. The third-order valence-electron chi connectivity index (χ3n) is 3.87. The Morgan fingerprint density at radius 2 is 1.82 bits per heavy atom. The number of hydrogen-bond donors (Lipinski definition) is 1. The van der Waals surface area contributed by atoms with Gasteiger partial charge in [-0.2, -0.15) is 13.2 Å². The number of primary sulfonamides is 1. The number of alkyl halides is 3. The molecule has 0 bridgehead atoms. The molecule has 0 fully saturated rings. The molecule has 2 aromatic carbocycles. The lowest BCUT2D eigenvalue weighted by Crippen LogP contribution is -2.21. The molecule has 3 rings (SSSR count). The van der Waals surface area contributed by atoms with E-state index in [2.05, 4.69) is 15.5 Å². The summed E-state index contributed by atoms with van der Waals surface area (Å²) in [6.07, 6.45) is -4.92. The minimum Gasteiger partial charge on any atom is -0.497 e. The Bertz CT molecular complexity index is 1100. The number of sulfonamides is 1. The fourth-order valence-corrected chi connectivity index (χ4v) is 3.61. The fraction of sp³-hybridized carbons (Fsp3) is 0.188. The quantitative estimate of drug-likeness (QED) is 0.685. The highest BCUT2D eigenvalue weighted by atomic mass is 32.2. The van der Waals surface area contributed by atoms with Crippen molar-refractivity contribution in [1.82, 2.24) is 20.2 Å². The molecular formula is C16H14F3N5O3S. The number of aromatic nitrogens is 4. The Morgan fingerprint density at radius 1 is 1.14 bits per heavy atom. The van der Waals surface area contributed by atoms with Crippen molar-refractivity contribution in [2.45, 2.75) is 17.6 Å². The Hall–Kier alpha value is -2.99. The molecule has 0 radical (unpaired) electrons. The van der Waals surface area contributed by atoms with Crippen molar-refractivity contribution in [3.8, 4) is 17.1 Å². The first kappa shape index (κ1) is 19.8. The topological polar surface area (TPSA) is 113 Å². The highest BCUT2D eigenvalue weighted by Gasteiger charge is 2.38. The third kappa shape index (κ3) is 3.97. The molecule has 8 nitrogen and oxygen atoms in total. The summed E-state index contributed by atoms with van der Waals surface area (Å²) in [6, 6.07) is 9.71. The predicted molar refractivity (Wildman–Crippen MR) is 91.7 cm³/mol. The van der Waals surface area contributed by atoms with Crippen molar-refractivity contribution in [2.75, 3.05) is 7.11 Å². The number of tetrazole rings is 1. The van der Waals surface area contributed by atoms with Gasteiger partial charge >= 0.3 is 6.18 Å². The first-order valence-electron chi connectivity index (χ1n) is 7.73. The van der Waals surface area contributed by atoms with Crippen molar-refractivity contribution >= 4 is 10.0 Å². The molecule has 3 aromatic rings. The predicted octanol–water partition coefficient (Wildman–Crippen LogP) is 2.06. The number of ether oxygens (including phenoxy) is 1. The zero-order valence-electron chi connectivity index (χ0n) is 14.4. The van der Waals surface area contributed by atoms with Crippen LogP contribution in [0, 0.1) is 0 Å². The maximum Gasteiger partial charge on any atom is 0.417 e. The lowest BCUT2D eigenvalue weighted by atomic mass is 10.1. The van der Waals surface area contributed by atoms with E-state index in [1.54, 1.807) is 24.3 Å². The van der Waals surface area contributed by atoms with E-state index in [9.17, 15) is 21.6 Å². The van der Waals surface area contributed by atoms with Crippen LogP contribution in [0.5, 0.6) is 5.75 Å². The zero-order valence-corrected chi connectivity index (χ0v) is 15.2. The van der Waals surface area contributed by atoms with Gasteiger partial charge in [0.15, 0.2) is 5.82 Å². The molecule has 2 N–H and O–H groups in total. The molecule has 12 heteroatoms. The molecule has 28 heavy (non-hydrogen) atoms. The van der Waals surface area contributed by atoms with Gasteiger partial charge < -0.3 is 4.74 Å². The van der Waals surface area contributed by atoms with Crippen molar-refractivity contribution in [1.29, 1.82) is 0 Å². The molecule has 0 aliphatic heterocycles. The summed E-state index contributed by atoms with van der Waals surface area (Å²) in [4.78, 5) is -1.08. The van der Waals surface area contributed by atoms with E-state index in [0.717, 1.165) is 11.6 Å². The van der Waals surface area contributed by atoms with Crippen LogP contribution in [0.4, 0.5) is 13.2 Å². The molecule has 0 amide bonds. The summed E-state index contributed by atoms with van der Waals surface area (Å²) >= 11 is 0. The van der Waals surface area contributed by atoms with Gasteiger partial charge in [-0.25, -0.2) is 18.2 Å². The summed E-state index contributed by atoms with van der Waals surface area (Å²) in [5.41, 5.74) is -0.999. The molecule has 148 valence electrons. The standard InChI is InChI=1S/C16H14F3N5O3S/c1-27-11-7-5-10(6-8-11)9-24-15(21-22-23-24)12-3-2-4-13(16(17,18)19)14(12)28(20,25)26/h2-8H,9H2,1H3,(H2,20,25,26). The molecule has 1 heterocycles. The molecule has 0 saturated heterocycles. The molecule has 0 unspecified atom stereocenters. The smallest absolute Gasteiger partial charge is 0.417 e. The number of methoxy groups -OCH3 is 1. The number of hydrogen-bond acceptors (Lipinski definition) is 6. The maximum atomic E-state index is 13.3. The largest absolute Gasteiger partial charge is 0.497 e. The van der Waals surface area contributed by atoms with E-state index >= 15 is 0 Å². The van der Waals surface area contributed by atoms with Crippen molar-refractivity contribution in [3.63, 3.8) is 0 Å². The van der Waals surface area contributed by atoms with Gasteiger partial charge in [-0.3, -0.25) is 0 Å². The SMILES string of the molecule is COc1ccc(Cn2nnnc2-c2cccc(C(F)(F)F)c2S(N)(=O)=O)cc1. The Morgan fingerprint density at radius 3 is 2.39 bits per heavy atom. The summed E-state index contributed by atoms with van der Waals surface area (Å²) in [6.45, 7) is 0.0899. The van der Waals surface area contributed by atoms with Crippen LogP contribution in [-0.4, -0.2) is 35.7 Å². The second-order valence-corrected chi connectivity index (χ2v) is 7.23. The minimum absolute atomic E-state index is 0.0899. The first-order chi connectivity index (χ1) is 13.1. The number of benzene rings is 2. The van der Waals surface area contributed by atoms with E-state index in [4.69, 9.17) is 9.88 Å². The summed E-state index contributed by atoms with van der Waals surface area (Å²) in [5.74, 6) is 0.459. The van der Waals surface area contributed by atoms with Crippen molar-refractivity contribution in [2.24, 2.45) is 5.14 Å².